The van der Waals surface area contributed by atoms with Gasteiger partial charge in [-0.15, -0.1) is 0 Å². The molecular formula is C16H19N3O4S. The molecule has 2 aromatic rings. The average Bonchev–Trinajstić information content (AvgIpc) is 3.10. The number of sulfonamides is 1. The summed E-state index contributed by atoms with van der Waals surface area (Å²) >= 11 is 0. The Morgan fingerprint density at radius 1 is 1.21 bits per heavy atom. The zero-order valence-corrected chi connectivity index (χ0v) is 14.6. The highest BCUT2D eigenvalue weighted by atomic mass is 32.2. The smallest absolute Gasteiger partial charge is 0.247 e. The van der Waals surface area contributed by atoms with E-state index in [-0.39, 0.29) is 17.7 Å². The van der Waals surface area contributed by atoms with Gasteiger partial charge in [-0.1, -0.05) is 0 Å². The summed E-state index contributed by atoms with van der Waals surface area (Å²) in [5.41, 5.74) is 3.13. The number of benzene rings is 1. The van der Waals surface area contributed by atoms with Gasteiger partial charge >= 0.3 is 0 Å². The van der Waals surface area contributed by atoms with Crippen molar-refractivity contribution in [1.29, 1.82) is 0 Å². The molecule has 1 aromatic carbocycles. The molecule has 1 N–H and O–H groups in total. The third kappa shape index (κ3) is 2.21. The van der Waals surface area contributed by atoms with Crippen molar-refractivity contribution in [3.63, 3.8) is 0 Å². The number of nitrogens with one attached hydrogen (secondary N) is 1. The molecule has 0 spiro atoms. The predicted octanol–water partition coefficient (Wildman–Crippen LogP) is 1.89. The van der Waals surface area contributed by atoms with Crippen LogP contribution in [0.2, 0.25) is 0 Å². The van der Waals surface area contributed by atoms with Crippen LogP contribution in [0.1, 0.15) is 29.4 Å². The van der Waals surface area contributed by atoms with Crippen LogP contribution in [0.3, 0.4) is 0 Å². The Morgan fingerprint density at radius 2 is 1.88 bits per heavy atom. The zero-order valence-electron chi connectivity index (χ0n) is 13.8. The largest absolute Gasteiger partial charge is 0.454 e. The SMILES string of the molecule is Cc1n[nH]c(C)c1S(=O)(=O)N1Cc2cc3c(cc2CC1C)OCO3. The predicted molar refractivity (Wildman–Crippen MR) is 86.5 cm³/mol. The highest BCUT2D eigenvalue weighted by Crippen LogP contribution is 2.39. The number of aromatic nitrogens is 2. The van der Waals surface area contributed by atoms with E-state index in [0.29, 0.717) is 30.1 Å². The van der Waals surface area contributed by atoms with Gasteiger partial charge in [0.1, 0.15) is 4.90 Å². The lowest BCUT2D eigenvalue weighted by molar-refractivity contribution is 0.174. The normalized spacial score (nSPS) is 20.2. The minimum absolute atomic E-state index is 0.142. The van der Waals surface area contributed by atoms with Crippen LogP contribution in [0, 0.1) is 13.8 Å². The summed E-state index contributed by atoms with van der Waals surface area (Å²) in [4.78, 5) is 0.276. The van der Waals surface area contributed by atoms with Crippen molar-refractivity contribution in [2.45, 2.75) is 44.7 Å². The summed E-state index contributed by atoms with van der Waals surface area (Å²) in [6, 6.07) is 3.71. The van der Waals surface area contributed by atoms with Crippen molar-refractivity contribution >= 4 is 10.0 Å². The van der Waals surface area contributed by atoms with E-state index in [1.807, 2.05) is 19.1 Å². The molecule has 0 saturated heterocycles. The Bertz CT molecular complexity index is 900. The summed E-state index contributed by atoms with van der Waals surface area (Å²) < 4.78 is 38.7. The van der Waals surface area contributed by atoms with Crippen molar-refractivity contribution in [2.75, 3.05) is 6.79 Å². The molecule has 7 nitrogen and oxygen atoms in total. The van der Waals surface area contributed by atoms with Gasteiger partial charge in [0.25, 0.3) is 0 Å². The van der Waals surface area contributed by atoms with Crippen LogP contribution in [-0.4, -0.2) is 35.8 Å². The van der Waals surface area contributed by atoms with Crippen LogP contribution in [0.25, 0.3) is 0 Å². The number of nitrogens with zero attached hydrogens (tertiary/aromatic N) is 2. The van der Waals surface area contributed by atoms with Crippen LogP contribution in [0.4, 0.5) is 0 Å². The number of aromatic amines is 1. The molecule has 0 fully saturated rings. The Morgan fingerprint density at radius 3 is 2.50 bits per heavy atom. The van der Waals surface area contributed by atoms with E-state index < -0.39 is 10.0 Å². The maximum atomic E-state index is 13.2. The van der Waals surface area contributed by atoms with Gasteiger partial charge in [-0.05, 0) is 50.5 Å². The van der Waals surface area contributed by atoms with Crippen molar-refractivity contribution in [3.8, 4) is 11.5 Å². The van der Waals surface area contributed by atoms with E-state index in [1.54, 1.807) is 18.2 Å². The van der Waals surface area contributed by atoms with E-state index >= 15 is 0 Å². The summed E-state index contributed by atoms with van der Waals surface area (Å²) in [6.07, 6.45) is 0.640. The fraction of sp³-hybridized carbons (Fsp3) is 0.438. The Hall–Kier alpha value is -2.06. The summed E-state index contributed by atoms with van der Waals surface area (Å²) in [5.74, 6) is 1.41. The molecular weight excluding hydrogens is 330 g/mol. The molecule has 2 aliphatic rings. The number of hydrogen-bond donors (Lipinski definition) is 1. The lowest BCUT2D eigenvalue weighted by Crippen LogP contribution is -2.42. The molecule has 8 heteroatoms. The molecule has 0 bridgehead atoms. The van der Waals surface area contributed by atoms with E-state index in [4.69, 9.17) is 9.47 Å². The van der Waals surface area contributed by atoms with Crippen LogP contribution in [0.5, 0.6) is 11.5 Å². The zero-order chi connectivity index (χ0) is 17.1. The Kier molecular flexibility index (Phi) is 3.36. The molecule has 1 unspecified atom stereocenters. The summed E-state index contributed by atoms with van der Waals surface area (Å²) in [6.45, 7) is 5.89. The molecule has 0 amide bonds. The number of aryl methyl sites for hydroxylation is 2. The van der Waals surface area contributed by atoms with Crippen LogP contribution < -0.4 is 9.47 Å². The fourth-order valence-corrected chi connectivity index (χ4v) is 5.41. The second-order valence-corrected chi connectivity index (χ2v) is 8.17. The topological polar surface area (TPSA) is 84.5 Å². The molecule has 0 radical (unpaired) electrons. The Labute approximate surface area is 140 Å². The lowest BCUT2D eigenvalue weighted by atomic mass is 9.96. The molecule has 0 saturated carbocycles. The maximum Gasteiger partial charge on any atom is 0.247 e. The third-order valence-corrected chi connectivity index (χ3v) is 6.88. The Balaban J connectivity index is 1.75. The van der Waals surface area contributed by atoms with E-state index in [0.717, 1.165) is 16.9 Å². The number of ether oxygens (including phenoxy) is 2. The maximum absolute atomic E-state index is 13.2. The first-order valence-corrected chi connectivity index (χ1v) is 9.26. The van der Waals surface area contributed by atoms with Gasteiger partial charge in [-0.3, -0.25) is 5.10 Å². The standard InChI is InChI=1S/C16H19N3O4S/c1-9-4-12-5-14-15(23-8-22-14)6-13(12)7-19(9)24(20,21)16-10(2)17-18-11(16)3/h5-6,9H,4,7-8H2,1-3H3,(H,17,18). The molecule has 1 atom stereocenters. The average molecular weight is 349 g/mol. The number of rotatable bonds is 2. The molecule has 3 heterocycles. The van der Waals surface area contributed by atoms with Crippen molar-refractivity contribution in [2.24, 2.45) is 0 Å². The highest BCUT2D eigenvalue weighted by molar-refractivity contribution is 7.89. The molecule has 0 aliphatic carbocycles. The van der Waals surface area contributed by atoms with Gasteiger partial charge in [0, 0.05) is 12.6 Å². The van der Waals surface area contributed by atoms with Crippen LogP contribution in [-0.2, 0) is 23.0 Å². The molecule has 1 aromatic heterocycles. The van der Waals surface area contributed by atoms with Gasteiger partial charge in [0.15, 0.2) is 11.5 Å². The molecule has 4 rings (SSSR count). The van der Waals surface area contributed by atoms with Gasteiger partial charge in [0.2, 0.25) is 16.8 Å². The minimum Gasteiger partial charge on any atom is -0.454 e. The first kappa shape index (κ1) is 15.5. The van der Waals surface area contributed by atoms with E-state index in [2.05, 4.69) is 10.2 Å². The van der Waals surface area contributed by atoms with Gasteiger partial charge in [-0.25, -0.2) is 8.42 Å². The molecule has 2 aliphatic heterocycles. The van der Waals surface area contributed by atoms with Crippen molar-refractivity contribution in [1.82, 2.24) is 14.5 Å². The van der Waals surface area contributed by atoms with Crippen LogP contribution >= 0.6 is 0 Å². The van der Waals surface area contributed by atoms with Gasteiger partial charge < -0.3 is 9.47 Å². The van der Waals surface area contributed by atoms with Crippen LogP contribution in [0.15, 0.2) is 17.0 Å². The minimum atomic E-state index is -3.62. The fourth-order valence-electron chi connectivity index (χ4n) is 3.47. The second-order valence-electron chi connectivity index (χ2n) is 6.34. The monoisotopic (exact) mass is 349 g/mol. The van der Waals surface area contributed by atoms with E-state index in [9.17, 15) is 8.42 Å². The molecule has 24 heavy (non-hydrogen) atoms. The van der Waals surface area contributed by atoms with Crippen molar-refractivity contribution < 1.29 is 17.9 Å². The first-order valence-electron chi connectivity index (χ1n) is 7.82. The lowest BCUT2D eigenvalue weighted by Gasteiger charge is -2.34. The first-order chi connectivity index (χ1) is 11.4. The quantitative estimate of drug-likeness (QED) is 0.895. The third-order valence-electron chi connectivity index (χ3n) is 4.66. The van der Waals surface area contributed by atoms with Gasteiger partial charge in [0.05, 0.1) is 11.4 Å². The summed E-state index contributed by atoms with van der Waals surface area (Å²) in [5, 5.41) is 6.78. The van der Waals surface area contributed by atoms with Gasteiger partial charge in [-0.2, -0.15) is 9.40 Å². The second kappa shape index (κ2) is 5.22. The van der Waals surface area contributed by atoms with Crippen molar-refractivity contribution in [3.05, 3.63) is 34.6 Å². The highest BCUT2D eigenvalue weighted by Gasteiger charge is 2.37. The van der Waals surface area contributed by atoms with E-state index in [1.165, 1.54) is 0 Å². The summed E-state index contributed by atoms with van der Waals surface area (Å²) in [7, 11) is -3.62. The number of H-pyrrole nitrogens is 1. The number of hydrogen-bond acceptors (Lipinski definition) is 5. The number of fused-ring (bicyclic) bond motifs is 2. The molecule has 128 valence electrons.